The second-order valence-corrected chi connectivity index (χ2v) is 8.52. The van der Waals surface area contributed by atoms with Crippen LogP contribution in [-0.2, 0) is 9.59 Å². The van der Waals surface area contributed by atoms with E-state index in [9.17, 15) is 24.0 Å². The van der Waals surface area contributed by atoms with E-state index < -0.39 is 23.4 Å². The zero-order valence-corrected chi connectivity index (χ0v) is 17.8. The third-order valence-corrected chi connectivity index (χ3v) is 6.45. The first-order chi connectivity index (χ1) is 15.9. The fraction of sp³-hybridized carbons (Fsp3) is 0.292. The maximum absolute atomic E-state index is 12.7. The molecule has 0 atom stereocenters. The molecule has 33 heavy (non-hydrogen) atoms. The molecule has 5 rings (SSSR count). The van der Waals surface area contributed by atoms with Gasteiger partial charge in [0.05, 0.1) is 16.8 Å². The second-order valence-electron chi connectivity index (χ2n) is 8.52. The first kappa shape index (κ1) is 20.9. The lowest BCUT2D eigenvalue weighted by atomic mass is 9.98. The molecule has 1 aliphatic carbocycles. The van der Waals surface area contributed by atoms with Crippen molar-refractivity contribution in [2.75, 3.05) is 16.8 Å². The minimum atomic E-state index is -0.797. The summed E-state index contributed by atoms with van der Waals surface area (Å²) < 4.78 is 0. The molecule has 168 valence electrons. The minimum absolute atomic E-state index is 0.0175. The van der Waals surface area contributed by atoms with Gasteiger partial charge in [-0.15, -0.1) is 0 Å². The molecule has 1 saturated heterocycles. The number of nitrogens with zero attached hydrogens (tertiary/aromatic N) is 2. The Morgan fingerprint density at radius 3 is 2.27 bits per heavy atom. The summed E-state index contributed by atoms with van der Waals surface area (Å²) in [4.78, 5) is 65.1. The molecular weight excluding hydrogens is 424 g/mol. The molecule has 2 heterocycles. The summed E-state index contributed by atoms with van der Waals surface area (Å²) in [5.41, 5.74) is 0.625. The molecule has 2 aromatic carbocycles. The van der Waals surface area contributed by atoms with Gasteiger partial charge in [0.15, 0.2) is 0 Å². The number of hydrogen-bond donors (Lipinski definition) is 2. The fourth-order valence-corrected chi connectivity index (χ4v) is 4.78. The Morgan fingerprint density at radius 2 is 1.61 bits per heavy atom. The van der Waals surface area contributed by atoms with Crippen molar-refractivity contribution in [1.82, 2.24) is 10.2 Å². The highest BCUT2D eigenvalue weighted by atomic mass is 16.2. The Morgan fingerprint density at radius 1 is 0.939 bits per heavy atom. The second kappa shape index (κ2) is 7.84. The summed E-state index contributed by atoms with van der Waals surface area (Å²) in [7, 11) is 0. The van der Waals surface area contributed by atoms with Crippen molar-refractivity contribution in [3.63, 3.8) is 0 Å². The molecule has 1 saturated carbocycles. The highest BCUT2D eigenvalue weighted by Crippen LogP contribution is 2.35. The van der Waals surface area contributed by atoms with Crippen molar-refractivity contribution in [3.05, 3.63) is 59.7 Å². The Hall–Kier alpha value is -4.01. The first-order valence-electron chi connectivity index (χ1n) is 10.9. The van der Waals surface area contributed by atoms with Crippen LogP contribution in [0.2, 0.25) is 0 Å². The number of hydrogen-bond acceptors (Lipinski definition) is 5. The van der Waals surface area contributed by atoms with Crippen molar-refractivity contribution in [2.45, 2.75) is 37.6 Å². The number of anilines is 2. The number of fused-ring (bicyclic) bond motifs is 1. The average Bonchev–Trinajstić information content (AvgIpc) is 3.44. The quantitative estimate of drug-likeness (QED) is 0.541. The van der Waals surface area contributed by atoms with Gasteiger partial charge in [-0.2, -0.15) is 0 Å². The summed E-state index contributed by atoms with van der Waals surface area (Å²) in [5.74, 6) is -1.48. The Labute approximate surface area is 189 Å². The molecule has 0 radical (unpaired) electrons. The number of carbonyl (C=O) groups is 5. The van der Waals surface area contributed by atoms with Crippen LogP contribution in [0.3, 0.4) is 0 Å². The van der Waals surface area contributed by atoms with Gasteiger partial charge < -0.3 is 10.6 Å². The van der Waals surface area contributed by atoms with E-state index in [1.54, 1.807) is 48.5 Å². The first-order valence-corrected chi connectivity index (χ1v) is 10.9. The largest absolute Gasteiger partial charge is 0.326 e. The summed E-state index contributed by atoms with van der Waals surface area (Å²) in [6.45, 7) is -0.0175. The predicted octanol–water partition coefficient (Wildman–Crippen LogP) is 2.68. The molecule has 2 aliphatic heterocycles. The van der Waals surface area contributed by atoms with Crippen molar-refractivity contribution < 1.29 is 24.0 Å². The van der Waals surface area contributed by atoms with Crippen molar-refractivity contribution in [1.29, 1.82) is 0 Å². The zero-order valence-electron chi connectivity index (χ0n) is 17.8. The van der Waals surface area contributed by atoms with Gasteiger partial charge in [0, 0.05) is 18.7 Å². The van der Waals surface area contributed by atoms with Gasteiger partial charge in [0.2, 0.25) is 5.91 Å². The molecule has 3 aliphatic rings. The molecule has 2 fully saturated rings. The summed E-state index contributed by atoms with van der Waals surface area (Å²) in [6, 6.07) is 12.6. The molecule has 2 N–H and O–H groups in total. The number of nitrogens with one attached hydrogen (secondary N) is 2. The minimum Gasteiger partial charge on any atom is -0.326 e. The number of benzene rings is 2. The van der Waals surface area contributed by atoms with Crippen LogP contribution in [0.5, 0.6) is 0 Å². The Balaban J connectivity index is 1.24. The van der Waals surface area contributed by atoms with E-state index in [4.69, 9.17) is 0 Å². The van der Waals surface area contributed by atoms with Crippen LogP contribution >= 0.6 is 0 Å². The van der Waals surface area contributed by atoms with E-state index in [-0.39, 0.29) is 24.8 Å². The van der Waals surface area contributed by atoms with Crippen LogP contribution in [0, 0.1) is 0 Å². The number of carbonyl (C=O) groups excluding carboxylic acids is 5. The smallest absolute Gasteiger partial charge is 0.325 e. The van der Waals surface area contributed by atoms with Gasteiger partial charge in [-0.05, 0) is 43.2 Å². The van der Waals surface area contributed by atoms with Crippen molar-refractivity contribution in [3.8, 4) is 0 Å². The van der Waals surface area contributed by atoms with E-state index in [2.05, 4.69) is 10.6 Å². The molecule has 1 spiro atoms. The van der Waals surface area contributed by atoms with E-state index >= 15 is 0 Å². The van der Waals surface area contributed by atoms with E-state index in [0.29, 0.717) is 35.3 Å². The zero-order chi connectivity index (χ0) is 23.2. The van der Waals surface area contributed by atoms with Gasteiger partial charge in [-0.25, -0.2) is 9.69 Å². The van der Waals surface area contributed by atoms with E-state index in [0.717, 1.165) is 22.6 Å². The molecule has 9 heteroatoms. The summed E-state index contributed by atoms with van der Waals surface area (Å²) in [5, 5.41) is 5.51. The third kappa shape index (κ3) is 3.45. The highest BCUT2D eigenvalue weighted by molar-refractivity contribution is 6.34. The van der Waals surface area contributed by atoms with Gasteiger partial charge in [0.25, 0.3) is 17.7 Å². The molecule has 0 unspecified atom stereocenters. The number of imide groups is 2. The molecular formula is C24H22N4O5. The number of urea groups is 1. The average molecular weight is 446 g/mol. The number of rotatable bonds is 5. The fourth-order valence-electron chi connectivity index (χ4n) is 4.78. The van der Waals surface area contributed by atoms with Crippen LogP contribution in [0.15, 0.2) is 48.5 Å². The van der Waals surface area contributed by atoms with Crippen molar-refractivity contribution >= 4 is 41.0 Å². The van der Waals surface area contributed by atoms with Crippen LogP contribution < -0.4 is 15.5 Å². The maximum atomic E-state index is 12.7. The predicted molar refractivity (Wildman–Crippen MR) is 119 cm³/mol. The molecule has 2 aromatic rings. The van der Waals surface area contributed by atoms with Crippen LogP contribution in [0.4, 0.5) is 16.2 Å². The molecule has 0 bridgehead atoms. The monoisotopic (exact) mass is 446 g/mol. The third-order valence-electron chi connectivity index (χ3n) is 6.45. The van der Waals surface area contributed by atoms with Gasteiger partial charge in [0.1, 0.15) is 5.54 Å². The van der Waals surface area contributed by atoms with Crippen molar-refractivity contribution in [2.24, 2.45) is 0 Å². The topological polar surface area (TPSA) is 116 Å². The lowest BCUT2D eigenvalue weighted by molar-refractivity contribution is -0.131. The highest BCUT2D eigenvalue weighted by Gasteiger charge is 2.52. The molecule has 0 aromatic heterocycles. The standard InChI is InChI=1S/C24H22N4O5/c29-19(10-13-27-22(32)24(26-23(27)33)11-3-4-12-24)25-15-6-5-7-16(14-15)28-20(30)17-8-1-2-9-18(17)21(28)31/h1-2,5-9,14H,3-4,10-13H2,(H,25,29)(H,26,33). The summed E-state index contributed by atoms with van der Waals surface area (Å²) >= 11 is 0. The van der Waals surface area contributed by atoms with E-state index in [1.165, 1.54) is 0 Å². The summed E-state index contributed by atoms with van der Waals surface area (Å²) in [6.07, 6.45) is 2.98. The van der Waals surface area contributed by atoms with Crippen LogP contribution in [0.25, 0.3) is 0 Å². The van der Waals surface area contributed by atoms with Gasteiger partial charge >= 0.3 is 6.03 Å². The molecule has 6 amide bonds. The van der Waals surface area contributed by atoms with Gasteiger partial charge in [-0.1, -0.05) is 31.0 Å². The SMILES string of the molecule is O=C(CCN1C(=O)NC2(CCCC2)C1=O)Nc1cccc(N2C(=O)c3ccccc3C2=O)c1. The van der Waals surface area contributed by atoms with Crippen LogP contribution in [-0.4, -0.2) is 46.6 Å². The van der Waals surface area contributed by atoms with E-state index in [1.807, 2.05) is 0 Å². The molecule has 9 nitrogen and oxygen atoms in total. The van der Waals surface area contributed by atoms with Gasteiger partial charge in [-0.3, -0.25) is 24.1 Å². The Bertz CT molecular complexity index is 1170. The normalized spacial score (nSPS) is 18.8. The number of amides is 6. The maximum Gasteiger partial charge on any atom is 0.325 e. The lowest BCUT2D eigenvalue weighted by Crippen LogP contribution is -2.44. The Kier molecular flexibility index (Phi) is 4.96. The lowest BCUT2D eigenvalue weighted by Gasteiger charge is -2.20. The van der Waals surface area contributed by atoms with Crippen LogP contribution in [0.1, 0.15) is 52.8 Å².